The van der Waals surface area contributed by atoms with Gasteiger partial charge in [-0.25, -0.2) is 0 Å². The van der Waals surface area contributed by atoms with Crippen LogP contribution in [0.25, 0.3) is 0 Å². The lowest BCUT2D eigenvalue weighted by atomic mass is 10.0. The fourth-order valence-electron chi connectivity index (χ4n) is 5.63. The summed E-state index contributed by atoms with van der Waals surface area (Å²) in [6.45, 7) is 4.50. The summed E-state index contributed by atoms with van der Waals surface area (Å²) in [7, 11) is 0. The summed E-state index contributed by atoms with van der Waals surface area (Å²) in [5.74, 6) is -0.707. The van der Waals surface area contributed by atoms with E-state index in [1.165, 1.54) is 109 Å². The van der Waals surface area contributed by atoms with Gasteiger partial charge in [-0.1, -0.05) is 147 Å². The predicted molar refractivity (Wildman–Crippen MR) is 186 cm³/mol. The maximum absolute atomic E-state index is 12.6. The minimum absolute atomic E-state index is 0.00510. The summed E-state index contributed by atoms with van der Waals surface area (Å²) in [6, 6.07) is 0. The fourth-order valence-corrected chi connectivity index (χ4v) is 5.63. The fraction of sp³-hybridized carbons (Fsp3) is 0.846. The first-order valence-electron chi connectivity index (χ1n) is 18.8. The Bertz CT molecular complexity index is 654. The summed E-state index contributed by atoms with van der Waals surface area (Å²) < 4.78 is 5.95. The van der Waals surface area contributed by atoms with Crippen molar-refractivity contribution in [2.75, 3.05) is 0 Å². The van der Waals surface area contributed by atoms with Gasteiger partial charge in [-0.15, -0.1) is 0 Å². The molecule has 4 nitrogen and oxygen atoms in total. The molecule has 0 amide bonds. The zero-order valence-electron chi connectivity index (χ0n) is 28.8. The van der Waals surface area contributed by atoms with Gasteiger partial charge in [0.2, 0.25) is 0 Å². The van der Waals surface area contributed by atoms with Gasteiger partial charge in [0, 0.05) is 12.8 Å². The zero-order valence-corrected chi connectivity index (χ0v) is 28.8. The van der Waals surface area contributed by atoms with E-state index in [4.69, 9.17) is 9.84 Å². The molecule has 43 heavy (non-hydrogen) atoms. The van der Waals surface area contributed by atoms with E-state index < -0.39 is 5.97 Å². The molecule has 0 aliphatic heterocycles. The van der Waals surface area contributed by atoms with Gasteiger partial charge in [-0.3, -0.25) is 9.59 Å². The van der Waals surface area contributed by atoms with Crippen molar-refractivity contribution >= 4 is 11.9 Å². The number of carbonyl (C=O) groups is 2. The Hall–Kier alpha value is -1.58. The molecule has 0 saturated carbocycles. The first kappa shape index (κ1) is 41.4. The van der Waals surface area contributed by atoms with Crippen LogP contribution in [0.4, 0.5) is 0 Å². The topological polar surface area (TPSA) is 63.6 Å². The zero-order chi connectivity index (χ0) is 31.5. The monoisotopic (exact) mass is 605 g/mol. The molecule has 252 valence electrons. The molecular formula is C39H72O4. The van der Waals surface area contributed by atoms with Gasteiger partial charge in [-0.05, 0) is 70.6 Å². The van der Waals surface area contributed by atoms with Crippen molar-refractivity contribution in [1.29, 1.82) is 0 Å². The highest BCUT2D eigenvalue weighted by Gasteiger charge is 2.14. The average Bonchev–Trinajstić information content (AvgIpc) is 2.99. The van der Waals surface area contributed by atoms with Crippen LogP contribution in [-0.4, -0.2) is 23.1 Å². The van der Waals surface area contributed by atoms with Crippen LogP contribution in [0, 0.1) is 0 Å². The second kappa shape index (κ2) is 34.9. The van der Waals surface area contributed by atoms with E-state index >= 15 is 0 Å². The summed E-state index contributed by atoms with van der Waals surface area (Å²) in [5.41, 5.74) is 0. The van der Waals surface area contributed by atoms with E-state index in [0.717, 1.165) is 70.6 Å². The molecule has 0 aliphatic carbocycles. The van der Waals surface area contributed by atoms with Crippen LogP contribution in [0.5, 0.6) is 0 Å². The average molecular weight is 605 g/mol. The minimum atomic E-state index is -0.701. The highest BCUT2D eigenvalue weighted by Crippen LogP contribution is 2.18. The Morgan fingerprint density at radius 1 is 0.512 bits per heavy atom. The minimum Gasteiger partial charge on any atom is -0.481 e. The Morgan fingerprint density at radius 3 is 1.42 bits per heavy atom. The second-order valence-corrected chi connectivity index (χ2v) is 12.8. The lowest BCUT2D eigenvalue weighted by Gasteiger charge is -2.18. The molecule has 0 spiro atoms. The van der Waals surface area contributed by atoms with E-state index in [1.54, 1.807) is 0 Å². The number of hydrogen-bond donors (Lipinski definition) is 1. The first-order chi connectivity index (χ1) is 21.1. The number of carbonyl (C=O) groups excluding carboxylic acids is 1. The van der Waals surface area contributed by atoms with Crippen molar-refractivity contribution < 1.29 is 19.4 Å². The number of aliphatic carboxylic acids is 1. The largest absolute Gasteiger partial charge is 0.481 e. The Labute approximate surface area is 267 Å². The number of esters is 1. The van der Waals surface area contributed by atoms with Crippen molar-refractivity contribution in [3.05, 3.63) is 24.3 Å². The number of carboxylic acids is 1. The van der Waals surface area contributed by atoms with Gasteiger partial charge in [0.05, 0.1) is 0 Å². The third-order valence-electron chi connectivity index (χ3n) is 8.43. The van der Waals surface area contributed by atoms with Gasteiger partial charge >= 0.3 is 11.9 Å². The first-order valence-corrected chi connectivity index (χ1v) is 18.8. The molecule has 0 bridgehead atoms. The number of carboxylic acid groups (broad SMARTS) is 1. The second-order valence-electron chi connectivity index (χ2n) is 12.8. The Morgan fingerprint density at radius 2 is 0.907 bits per heavy atom. The summed E-state index contributed by atoms with van der Waals surface area (Å²) in [4.78, 5) is 23.2. The predicted octanol–water partition coefficient (Wildman–Crippen LogP) is 12.8. The van der Waals surface area contributed by atoms with Crippen molar-refractivity contribution in [3.8, 4) is 0 Å². The third-order valence-corrected chi connectivity index (χ3v) is 8.43. The van der Waals surface area contributed by atoms with Crippen LogP contribution in [0.2, 0.25) is 0 Å². The van der Waals surface area contributed by atoms with Crippen LogP contribution in [0.1, 0.15) is 206 Å². The lowest BCUT2D eigenvalue weighted by Crippen LogP contribution is -2.18. The summed E-state index contributed by atoms with van der Waals surface area (Å²) in [6.07, 6.45) is 43.4. The molecule has 0 aromatic carbocycles. The summed E-state index contributed by atoms with van der Waals surface area (Å²) in [5, 5.41) is 8.77. The molecule has 1 unspecified atom stereocenters. The molecule has 1 N–H and O–H groups in total. The van der Waals surface area contributed by atoms with Gasteiger partial charge in [0.1, 0.15) is 6.10 Å². The number of ether oxygens (including phenoxy) is 1. The molecule has 0 aliphatic rings. The van der Waals surface area contributed by atoms with Crippen LogP contribution in [-0.2, 0) is 14.3 Å². The van der Waals surface area contributed by atoms with Gasteiger partial charge in [-0.2, -0.15) is 0 Å². The third kappa shape index (κ3) is 34.8. The van der Waals surface area contributed by atoms with Crippen molar-refractivity contribution in [3.63, 3.8) is 0 Å². The van der Waals surface area contributed by atoms with Crippen LogP contribution < -0.4 is 0 Å². The Kier molecular flexibility index (Phi) is 33.6. The molecule has 0 heterocycles. The number of hydrogen-bond acceptors (Lipinski definition) is 3. The molecule has 0 radical (unpaired) electrons. The molecule has 0 rings (SSSR count). The van der Waals surface area contributed by atoms with E-state index in [1.807, 2.05) is 0 Å². The maximum Gasteiger partial charge on any atom is 0.306 e. The van der Waals surface area contributed by atoms with E-state index in [9.17, 15) is 9.59 Å². The van der Waals surface area contributed by atoms with Crippen LogP contribution in [0.3, 0.4) is 0 Å². The van der Waals surface area contributed by atoms with Crippen molar-refractivity contribution in [1.82, 2.24) is 0 Å². The number of rotatable bonds is 34. The molecule has 4 heteroatoms. The molecule has 1 atom stereocenters. The molecular weight excluding hydrogens is 532 g/mol. The molecule has 0 aromatic rings. The van der Waals surface area contributed by atoms with E-state index in [2.05, 4.69) is 38.2 Å². The highest BCUT2D eigenvalue weighted by atomic mass is 16.5. The SMILES string of the molecule is CCCCC/C=C\C/C=C\CCCCCCCCCCCC(=O)OC(CCCCCCCC)CCCCCCCC(=O)O. The summed E-state index contributed by atoms with van der Waals surface area (Å²) >= 11 is 0. The highest BCUT2D eigenvalue weighted by molar-refractivity contribution is 5.69. The van der Waals surface area contributed by atoms with E-state index in [0.29, 0.717) is 6.42 Å². The van der Waals surface area contributed by atoms with Crippen molar-refractivity contribution in [2.45, 2.75) is 213 Å². The standard InChI is InChI=1S/C39H72O4/c1-3-5-7-9-11-12-13-14-15-16-17-18-19-20-21-22-23-28-32-36-39(42)43-37(33-29-25-10-8-6-4-2)34-30-26-24-27-31-35-38(40)41/h11-12,14-15,37H,3-10,13,16-36H2,1-2H3,(H,40,41)/b12-11-,15-14-. The van der Waals surface area contributed by atoms with Crippen molar-refractivity contribution in [2.24, 2.45) is 0 Å². The van der Waals surface area contributed by atoms with Gasteiger partial charge in [0.15, 0.2) is 0 Å². The molecule has 0 saturated heterocycles. The van der Waals surface area contributed by atoms with Crippen LogP contribution >= 0.6 is 0 Å². The number of unbranched alkanes of at least 4 members (excludes halogenated alkanes) is 21. The lowest BCUT2D eigenvalue weighted by molar-refractivity contribution is -0.150. The molecule has 0 aromatic heterocycles. The van der Waals surface area contributed by atoms with Gasteiger partial charge < -0.3 is 9.84 Å². The maximum atomic E-state index is 12.6. The quantitative estimate of drug-likeness (QED) is 0.0451. The smallest absolute Gasteiger partial charge is 0.306 e. The normalized spacial score (nSPS) is 12.4. The number of allylic oxidation sites excluding steroid dienone is 4. The van der Waals surface area contributed by atoms with Gasteiger partial charge in [0.25, 0.3) is 0 Å². The van der Waals surface area contributed by atoms with Crippen LogP contribution in [0.15, 0.2) is 24.3 Å². The van der Waals surface area contributed by atoms with E-state index in [-0.39, 0.29) is 18.5 Å². The molecule has 0 fully saturated rings. The Balaban J connectivity index is 3.83.